The van der Waals surface area contributed by atoms with Crippen molar-refractivity contribution in [2.75, 3.05) is 26.2 Å². The van der Waals surface area contributed by atoms with Crippen molar-refractivity contribution in [3.05, 3.63) is 56.7 Å². The Morgan fingerprint density at radius 1 is 1.05 bits per heavy atom. The zero-order chi connectivity index (χ0) is 14.7. The molecule has 0 unspecified atom stereocenters. The highest BCUT2D eigenvalue weighted by molar-refractivity contribution is 9.11. The van der Waals surface area contributed by atoms with Gasteiger partial charge in [0.05, 0.1) is 8.66 Å². The van der Waals surface area contributed by atoms with E-state index >= 15 is 0 Å². The van der Waals surface area contributed by atoms with E-state index in [4.69, 9.17) is 0 Å². The summed E-state index contributed by atoms with van der Waals surface area (Å²) in [5.74, 6) is 0.157. The molecular formula is C16H17BrN2OS. The van der Waals surface area contributed by atoms with Gasteiger partial charge in [-0.15, -0.1) is 11.3 Å². The first-order valence-corrected chi connectivity index (χ1v) is 8.64. The number of piperazine rings is 1. The molecule has 1 aromatic heterocycles. The number of benzene rings is 1. The molecule has 21 heavy (non-hydrogen) atoms. The molecule has 1 fully saturated rings. The third kappa shape index (κ3) is 3.73. The van der Waals surface area contributed by atoms with Crippen molar-refractivity contribution >= 4 is 33.2 Å². The van der Waals surface area contributed by atoms with Crippen LogP contribution in [0, 0.1) is 0 Å². The van der Waals surface area contributed by atoms with Crippen molar-refractivity contribution < 1.29 is 4.79 Å². The van der Waals surface area contributed by atoms with Gasteiger partial charge in [-0.1, -0.05) is 30.3 Å². The number of hydrogen-bond donors (Lipinski definition) is 0. The molecule has 0 bridgehead atoms. The molecule has 2 aromatic rings. The number of nitrogens with zero attached hydrogens (tertiary/aromatic N) is 2. The molecule has 1 aliphatic rings. The van der Waals surface area contributed by atoms with Gasteiger partial charge in [-0.05, 0) is 33.6 Å². The van der Waals surface area contributed by atoms with E-state index in [0.29, 0.717) is 0 Å². The smallest absolute Gasteiger partial charge is 0.264 e. The van der Waals surface area contributed by atoms with Crippen LogP contribution in [0.3, 0.4) is 0 Å². The molecule has 0 atom stereocenters. The largest absolute Gasteiger partial charge is 0.335 e. The Morgan fingerprint density at radius 2 is 1.76 bits per heavy atom. The van der Waals surface area contributed by atoms with Gasteiger partial charge >= 0.3 is 0 Å². The highest BCUT2D eigenvalue weighted by Crippen LogP contribution is 2.23. The van der Waals surface area contributed by atoms with E-state index in [0.717, 1.165) is 41.4 Å². The Labute approximate surface area is 137 Å². The Balaban J connectivity index is 1.54. The van der Waals surface area contributed by atoms with Crippen LogP contribution in [0.4, 0.5) is 0 Å². The maximum atomic E-state index is 12.4. The number of amides is 1. The minimum absolute atomic E-state index is 0.157. The number of rotatable bonds is 3. The van der Waals surface area contributed by atoms with Gasteiger partial charge in [-0.2, -0.15) is 0 Å². The molecule has 3 rings (SSSR count). The molecule has 0 saturated carbocycles. The SMILES string of the molecule is O=C(c1ccc(Br)s1)N1CCN(Cc2ccccc2)CC1. The molecule has 1 amide bonds. The first kappa shape index (κ1) is 14.8. The monoisotopic (exact) mass is 364 g/mol. The fourth-order valence-electron chi connectivity index (χ4n) is 2.54. The van der Waals surface area contributed by atoms with E-state index in [9.17, 15) is 4.79 Å². The van der Waals surface area contributed by atoms with Crippen molar-refractivity contribution in [3.63, 3.8) is 0 Å². The zero-order valence-electron chi connectivity index (χ0n) is 11.7. The summed E-state index contributed by atoms with van der Waals surface area (Å²) in [6, 6.07) is 14.3. The van der Waals surface area contributed by atoms with Gasteiger partial charge in [0.25, 0.3) is 5.91 Å². The van der Waals surface area contributed by atoms with Gasteiger partial charge in [0, 0.05) is 32.7 Å². The first-order valence-electron chi connectivity index (χ1n) is 7.03. The Bertz CT molecular complexity index is 606. The van der Waals surface area contributed by atoms with Crippen molar-refractivity contribution in [2.45, 2.75) is 6.54 Å². The summed E-state index contributed by atoms with van der Waals surface area (Å²) in [7, 11) is 0. The summed E-state index contributed by atoms with van der Waals surface area (Å²) < 4.78 is 1.01. The molecule has 1 aliphatic heterocycles. The average molecular weight is 365 g/mol. The number of hydrogen-bond acceptors (Lipinski definition) is 3. The number of carbonyl (C=O) groups is 1. The molecule has 5 heteroatoms. The molecule has 110 valence electrons. The van der Waals surface area contributed by atoms with Gasteiger partial charge in [-0.25, -0.2) is 0 Å². The lowest BCUT2D eigenvalue weighted by atomic mass is 10.2. The Kier molecular flexibility index (Phi) is 4.73. The van der Waals surface area contributed by atoms with Crippen molar-refractivity contribution in [2.24, 2.45) is 0 Å². The fourth-order valence-corrected chi connectivity index (χ4v) is 3.89. The third-order valence-electron chi connectivity index (χ3n) is 3.69. The van der Waals surface area contributed by atoms with Gasteiger partial charge in [-0.3, -0.25) is 9.69 Å². The second-order valence-electron chi connectivity index (χ2n) is 5.16. The Hall–Kier alpha value is -1.17. The van der Waals surface area contributed by atoms with Crippen LogP contribution in [0.1, 0.15) is 15.2 Å². The quantitative estimate of drug-likeness (QED) is 0.832. The van der Waals surface area contributed by atoms with Crippen LogP contribution in [0.2, 0.25) is 0 Å². The lowest BCUT2D eigenvalue weighted by Crippen LogP contribution is -2.48. The van der Waals surface area contributed by atoms with Crippen LogP contribution in [0.15, 0.2) is 46.3 Å². The van der Waals surface area contributed by atoms with Crippen LogP contribution in [0.5, 0.6) is 0 Å². The normalized spacial score (nSPS) is 16.1. The van der Waals surface area contributed by atoms with Gasteiger partial charge in [0.2, 0.25) is 0 Å². The van der Waals surface area contributed by atoms with Gasteiger partial charge in [0.1, 0.15) is 0 Å². The molecule has 0 N–H and O–H groups in total. The topological polar surface area (TPSA) is 23.6 Å². The second kappa shape index (κ2) is 6.73. The van der Waals surface area contributed by atoms with Gasteiger partial charge < -0.3 is 4.90 Å². The summed E-state index contributed by atoms with van der Waals surface area (Å²) in [4.78, 5) is 17.6. The van der Waals surface area contributed by atoms with E-state index in [1.807, 2.05) is 23.1 Å². The van der Waals surface area contributed by atoms with E-state index in [1.165, 1.54) is 16.9 Å². The molecule has 0 spiro atoms. The maximum absolute atomic E-state index is 12.4. The predicted molar refractivity (Wildman–Crippen MR) is 89.6 cm³/mol. The standard InChI is InChI=1S/C16H17BrN2OS/c17-15-7-6-14(21-15)16(20)19-10-8-18(9-11-19)12-13-4-2-1-3-5-13/h1-7H,8-12H2. The molecule has 0 aliphatic carbocycles. The summed E-state index contributed by atoms with van der Waals surface area (Å²) in [5, 5.41) is 0. The van der Waals surface area contributed by atoms with Crippen LogP contribution in [0.25, 0.3) is 0 Å². The molecule has 1 aromatic carbocycles. The van der Waals surface area contributed by atoms with E-state index in [2.05, 4.69) is 45.1 Å². The number of thiophene rings is 1. The summed E-state index contributed by atoms with van der Waals surface area (Å²) in [5.41, 5.74) is 1.33. The second-order valence-corrected chi connectivity index (χ2v) is 7.62. The zero-order valence-corrected chi connectivity index (χ0v) is 14.1. The molecule has 1 saturated heterocycles. The molecule has 2 heterocycles. The van der Waals surface area contributed by atoms with E-state index < -0.39 is 0 Å². The Morgan fingerprint density at radius 3 is 2.38 bits per heavy atom. The summed E-state index contributed by atoms with van der Waals surface area (Å²) in [6.45, 7) is 4.45. The molecule has 0 radical (unpaired) electrons. The minimum atomic E-state index is 0.157. The summed E-state index contributed by atoms with van der Waals surface area (Å²) in [6.07, 6.45) is 0. The highest BCUT2D eigenvalue weighted by atomic mass is 79.9. The van der Waals surface area contributed by atoms with Crippen LogP contribution >= 0.6 is 27.3 Å². The maximum Gasteiger partial charge on any atom is 0.264 e. The minimum Gasteiger partial charge on any atom is -0.335 e. The number of carbonyl (C=O) groups excluding carboxylic acids is 1. The first-order chi connectivity index (χ1) is 10.2. The predicted octanol–water partition coefficient (Wildman–Crippen LogP) is 3.47. The fraction of sp³-hybridized carbons (Fsp3) is 0.312. The summed E-state index contributed by atoms with van der Waals surface area (Å²) >= 11 is 4.92. The lowest BCUT2D eigenvalue weighted by Gasteiger charge is -2.34. The molecular weight excluding hydrogens is 348 g/mol. The number of halogens is 1. The van der Waals surface area contributed by atoms with Crippen LogP contribution in [-0.4, -0.2) is 41.9 Å². The lowest BCUT2D eigenvalue weighted by molar-refractivity contribution is 0.0633. The molecule has 3 nitrogen and oxygen atoms in total. The van der Waals surface area contributed by atoms with E-state index in [1.54, 1.807) is 0 Å². The van der Waals surface area contributed by atoms with Crippen molar-refractivity contribution in [1.29, 1.82) is 0 Å². The highest BCUT2D eigenvalue weighted by Gasteiger charge is 2.22. The average Bonchev–Trinajstić information content (AvgIpc) is 2.95. The van der Waals surface area contributed by atoms with Crippen molar-refractivity contribution in [1.82, 2.24) is 9.80 Å². The van der Waals surface area contributed by atoms with Gasteiger partial charge in [0.15, 0.2) is 0 Å². The van der Waals surface area contributed by atoms with E-state index in [-0.39, 0.29) is 5.91 Å². The van der Waals surface area contributed by atoms with Crippen LogP contribution < -0.4 is 0 Å². The van der Waals surface area contributed by atoms with Crippen LogP contribution in [-0.2, 0) is 6.54 Å². The van der Waals surface area contributed by atoms with Crippen molar-refractivity contribution in [3.8, 4) is 0 Å². The third-order valence-corrected chi connectivity index (χ3v) is 5.30.